The van der Waals surface area contributed by atoms with E-state index < -0.39 is 11.8 Å². The average molecular weight is 324 g/mol. The largest absolute Gasteiger partial charge is 0.476 e. The molecule has 0 bridgehead atoms. The fraction of sp³-hybridized carbons (Fsp3) is 0. The molecule has 0 radical (unpaired) electrons. The smallest absolute Gasteiger partial charge is 0.364 e. The predicted molar refractivity (Wildman–Crippen MR) is 58.6 cm³/mol. The number of carboxylic acid groups (broad SMARTS) is 1. The first-order valence-electron chi connectivity index (χ1n) is 3.56. The number of halogens is 3. The molecule has 0 heterocycles. The summed E-state index contributed by atoms with van der Waals surface area (Å²) in [7, 11) is 0. The van der Waals surface area contributed by atoms with E-state index in [1.807, 2.05) is 0 Å². The molecule has 5 heteroatoms. The van der Waals surface area contributed by atoms with E-state index in [2.05, 4.69) is 31.9 Å². The quantitative estimate of drug-likeness (QED) is 0.844. The molecule has 74 valence electrons. The number of carboxylic acids is 1. The lowest BCUT2D eigenvalue weighted by atomic mass is 10.2. The van der Waals surface area contributed by atoms with E-state index in [0.29, 0.717) is 5.56 Å². The third-order valence-corrected chi connectivity index (χ3v) is 3.32. The van der Waals surface area contributed by atoms with Crippen molar-refractivity contribution in [1.29, 1.82) is 0 Å². The van der Waals surface area contributed by atoms with Crippen molar-refractivity contribution in [2.45, 2.75) is 0 Å². The molecule has 0 spiro atoms. The van der Waals surface area contributed by atoms with Crippen LogP contribution in [0.4, 0.5) is 4.39 Å². The molecule has 0 aliphatic rings. The number of benzene rings is 1. The summed E-state index contributed by atoms with van der Waals surface area (Å²) in [6.07, 6.45) is 0.958. The molecule has 0 unspecified atom stereocenters. The maximum absolute atomic E-state index is 12.7. The van der Waals surface area contributed by atoms with Gasteiger partial charge in [0.1, 0.15) is 0 Å². The molecule has 1 rings (SSSR count). The fourth-order valence-electron chi connectivity index (χ4n) is 0.810. The van der Waals surface area contributed by atoms with Crippen LogP contribution in [0.2, 0.25) is 0 Å². The summed E-state index contributed by atoms with van der Waals surface area (Å²) in [5.74, 6) is -2.75. The van der Waals surface area contributed by atoms with Crippen molar-refractivity contribution >= 4 is 43.9 Å². The highest BCUT2D eigenvalue weighted by molar-refractivity contribution is 9.13. The summed E-state index contributed by atoms with van der Waals surface area (Å²) in [6.45, 7) is 0. The molecule has 1 aromatic rings. The lowest BCUT2D eigenvalue weighted by Crippen LogP contribution is -1.93. The van der Waals surface area contributed by atoms with Crippen LogP contribution in [0.5, 0.6) is 0 Å². The van der Waals surface area contributed by atoms with E-state index in [9.17, 15) is 9.18 Å². The minimum absolute atomic E-state index is 0.486. The fourth-order valence-corrected chi connectivity index (χ4v) is 1.45. The standard InChI is InChI=1S/C9H5Br2FO2/c10-6-2-1-5(3-7(6)11)4-8(12)9(13)14/h1-4H,(H,13,14). The number of carbonyl (C=O) groups is 1. The normalized spacial score (nSPS) is 11.5. The van der Waals surface area contributed by atoms with Crippen LogP contribution in [0.25, 0.3) is 6.08 Å². The summed E-state index contributed by atoms with van der Waals surface area (Å²) in [6, 6.07) is 4.93. The molecule has 1 aromatic carbocycles. The van der Waals surface area contributed by atoms with E-state index in [-0.39, 0.29) is 0 Å². The third kappa shape index (κ3) is 2.92. The second-order valence-electron chi connectivity index (χ2n) is 2.47. The van der Waals surface area contributed by atoms with Crippen LogP contribution in [-0.4, -0.2) is 11.1 Å². The second kappa shape index (κ2) is 4.70. The summed E-state index contributed by atoms with van der Waals surface area (Å²) in [5, 5.41) is 8.30. The van der Waals surface area contributed by atoms with E-state index in [4.69, 9.17) is 5.11 Å². The van der Waals surface area contributed by atoms with Gasteiger partial charge in [0, 0.05) is 8.95 Å². The van der Waals surface area contributed by atoms with E-state index >= 15 is 0 Å². The minimum Gasteiger partial charge on any atom is -0.476 e. The van der Waals surface area contributed by atoms with Crippen molar-refractivity contribution < 1.29 is 14.3 Å². The van der Waals surface area contributed by atoms with Gasteiger partial charge in [0.05, 0.1) is 0 Å². The van der Waals surface area contributed by atoms with Gasteiger partial charge in [0.2, 0.25) is 5.83 Å². The lowest BCUT2D eigenvalue weighted by Gasteiger charge is -1.97. The summed E-state index contributed by atoms with van der Waals surface area (Å²) in [4.78, 5) is 10.2. The number of aliphatic carboxylic acids is 1. The Hall–Kier alpha value is -0.680. The molecule has 0 amide bonds. The van der Waals surface area contributed by atoms with E-state index in [1.54, 1.807) is 18.2 Å². The molecular weight excluding hydrogens is 319 g/mol. The van der Waals surface area contributed by atoms with Crippen LogP contribution in [-0.2, 0) is 4.79 Å². The molecule has 0 saturated heterocycles. The first-order valence-corrected chi connectivity index (χ1v) is 5.15. The number of hydrogen-bond donors (Lipinski definition) is 1. The van der Waals surface area contributed by atoms with Crippen molar-refractivity contribution in [3.8, 4) is 0 Å². The molecule has 0 aliphatic heterocycles. The third-order valence-electron chi connectivity index (χ3n) is 1.44. The van der Waals surface area contributed by atoms with Crippen molar-refractivity contribution in [3.63, 3.8) is 0 Å². The minimum atomic E-state index is -1.57. The molecule has 0 aromatic heterocycles. The predicted octanol–water partition coefficient (Wildman–Crippen LogP) is 3.61. The number of hydrogen-bond acceptors (Lipinski definition) is 1. The highest BCUT2D eigenvalue weighted by Crippen LogP contribution is 2.24. The molecule has 2 nitrogen and oxygen atoms in total. The Morgan fingerprint density at radius 1 is 1.36 bits per heavy atom. The Bertz CT molecular complexity index is 402. The maximum Gasteiger partial charge on any atom is 0.364 e. The van der Waals surface area contributed by atoms with Crippen molar-refractivity contribution in [2.75, 3.05) is 0 Å². The van der Waals surface area contributed by atoms with Gasteiger partial charge < -0.3 is 5.11 Å². The van der Waals surface area contributed by atoms with E-state index in [0.717, 1.165) is 15.0 Å². The van der Waals surface area contributed by atoms with Gasteiger partial charge in [-0.05, 0) is 55.6 Å². The molecule has 0 aliphatic carbocycles. The van der Waals surface area contributed by atoms with E-state index in [1.165, 1.54) is 0 Å². The molecule has 0 fully saturated rings. The zero-order chi connectivity index (χ0) is 10.7. The molecular formula is C9H5Br2FO2. The first-order chi connectivity index (χ1) is 6.50. The topological polar surface area (TPSA) is 37.3 Å². The summed E-state index contributed by atoms with van der Waals surface area (Å²) < 4.78 is 14.2. The van der Waals surface area contributed by atoms with Gasteiger partial charge >= 0.3 is 5.97 Å². The van der Waals surface area contributed by atoms with Crippen LogP contribution >= 0.6 is 31.9 Å². The Balaban J connectivity index is 3.04. The summed E-state index contributed by atoms with van der Waals surface area (Å²) >= 11 is 6.47. The van der Waals surface area contributed by atoms with Crippen LogP contribution in [0, 0.1) is 0 Å². The monoisotopic (exact) mass is 322 g/mol. The lowest BCUT2D eigenvalue weighted by molar-refractivity contribution is -0.134. The van der Waals surface area contributed by atoms with Crippen LogP contribution < -0.4 is 0 Å². The maximum atomic E-state index is 12.7. The second-order valence-corrected chi connectivity index (χ2v) is 4.18. The van der Waals surface area contributed by atoms with Crippen LogP contribution in [0.1, 0.15) is 5.56 Å². The van der Waals surface area contributed by atoms with Gasteiger partial charge in [-0.15, -0.1) is 0 Å². The highest BCUT2D eigenvalue weighted by Gasteiger charge is 2.05. The van der Waals surface area contributed by atoms with Crippen LogP contribution in [0.15, 0.2) is 33.0 Å². The molecule has 14 heavy (non-hydrogen) atoms. The summed E-state index contributed by atoms with van der Waals surface area (Å²) in [5.41, 5.74) is 0.486. The molecule has 1 N–H and O–H groups in total. The van der Waals surface area contributed by atoms with Crippen molar-refractivity contribution in [3.05, 3.63) is 38.5 Å². The van der Waals surface area contributed by atoms with Gasteiger partial charge in [-0.2, -0.15) is 4.39 Å². The van der Waals surface area contributed by atoms with Gasteiger partial charge in [0.15, 0.2) is 0 Å². The van der Waals surface area contributed by atoms with Gasteiger partial charge in [0.25, 0.3) is 0 Å². The van der Waals surface area contributed by atoms with Gasteiger partial charge in [-0.25, -0.2) is 4.79 Å². The highest BCUT2D eigenvalue weighted by atomic mass is 79.9. The first kappa shape index (κ1) is 11.4. The Morgan fingerprint density at radius 2 is 2.00 bits per heavy atom. The zero-order valence-electron chi connectivity index (χ0n) is 6.80. The Kier molecular flexibility index (Phi) is 3.83. The average Bonchev–Trinajstić information content (AvgIpc) is 2.11. The van der Waals surface area contributed by atoms with Gasteiger partial charge in [-0.1, -0.05) is 6.07 Å². The zero-order valence-corrected chi connectivity index (χ0v) is 9.97. The van der Waals surface area contributed by atoms with Gasteiger partial charge in [-0.3, -0.25) is 0 Å². The van der Waals surface area contributed by atoms with Crippen molar-refractivity contribution in [2.24, 2.45) is 0 Å². The number of rotatable bonds is 2. The molecule has 0 atom stereocenters. The Labute approximate surface area is 96.7 Å². The van der Waals surface area contributed by atoms with Crippen LogP contribution in [0.3, 0.4) is 0 Å². The van der Waals surface area contributed by atoms with Crippen molar-refractivity contribution in [1.82, 2.24) is 0 Å². The SMILES string of the molecule is O=C(O)C(F)=Cc1ccc(Br)c(Br)c1. The molecule has 0 saturated carbocycles. The Morgan fingerprint density at radius 3 is 2.50 bits per heavy atom.